The molecule has 0 bridgehead atoms. The third-order valence-corrected chi connectivity index (χ3v) is 4.74. The molecule has 20 heavy (non-hydrogen) atoms. The fourth-order valence-electron chi connectivity index (χ4n) is 3.59. The summed E-state index contributed by atoms with van der Waals surface area (Å²) in [5.74, 6) is 0.604. The standard InChI is InChI=1S/C18H30N2/c1-15(2)14-18(19,17-10-6-4-7-11-17)16(3)20-12-8-5-9-13-20/h4,6-7,10-11,15-16H,5,8-9,12-14,19H2,1-3H3. The minimum atomic E-state index is -0.243. The van der Waals surface area contributed by atoms with Crippen LogP contribution in [-0.2, 0) is 5.54 Å². The molecule has 2 N–H and O–H groups in total. The Hall–Kier alpha value is -0.860. The smallest absolute Gasteiger partial charge is 0.0567 e. The molecule has 0 radical (unpaired) electrons. The van der Waals surface area contributed by atoms with E-state index in [1.165, 1.54) is 37.9 Å². The topological polar surface area (TPSA) is 29.3 Å². The van der Waals surface area contributed by atoms with Crippen LogP contribution in [0.3, 0.4) is 0 Å². The highest BCUT2D eigenvalue weighted by Gasteiger charge is 2.37. The first-order chi connectivity index (χ1) is 9.54. The van der Waals surface area contributed by atoms with E-state index < -0.39 is 0 Å². The number of rotatable bonds is 5. The summed E-state index contributed by atoms with van der Waals surface area (Å²) in [5.41, 5.74) is 7.99. The molecule has 1 fully saturated rings. The van der Waals surface area contributed by atoms with Crippen molar-refractivity contribution < 1.29 is 0 Å². The van der Waals surface area contributed by atoms with Crippen LogP contribution in [0.5, 0.6) is 0 Å². The number of hydrogen-bond acceptors (Lipinski definition) is 2. The van der Waals surface area contributed by atoms with Crippen LogP contribution in [0.15, 0.2) is 30.3 Å². The molecule has 2 rings (SSSR count). The van der Waals surface area contributed by atoms with E-state index in [9.17, 15) is 0 Å². The third-order valence-electron chi connectivity index (χ3n) is 4.74. The number of hydrogen-bond donors (Lipinski definition) is 1. The second kappa shape index (κ2) is 6.73. The lowest BCUT2D eigenvalue weighted by molar-refractivity contribution is 0.0958. The first kappa shape index (κ1) is 15.5. The van der Waals surface area contributed by atoms with Gasteiger partial charge in [-0.15, -0.1) is 0 Å². The lowest BCUT2D eigenvalue weighted by Crippen LogP contribution is -2.56. The largest absolute Gasteiger partial charge is 0.320 e. The Balaban J connectivity index is 2.26. The molecular formula is C18H30N2. The van der Waals surface area contributed by atoms with Crippen molar-refractivity contribution in [2.75, 3.05) is 13.1 Å². The SMILES string of the molecule is CC(C)CC(N)(c1ccccc1)C(C)N1CCCCC1. The van der Waals surface area contributed by atoms with Crippen LogP contribution in [0.4, 0.5) is 0 Å². The summed E-state index contributed by atoms with van der Waals surface area (Å²) in [6, 6.07) is 11.1. The zero-order valence-corrected chi connectivity index (χ0v) is 13.3. The zero-order valence-electron chi connectivity index (χ0n) is 13.3. The molecule has 0 amide bonds. The van der Waals surface area contributed by atoms with Crippen LogP contribution in [0.25, 0.3) is 0 Å². The third kappa shape index (κ3) is 3.42. The molecule has 1 aromatic carbocycles. The Bertz CT molecular complexity index is 395. The van der Waals surface area contributed by atoms with Gasteiger partial charge in [0.05, 0.1) is 5.54 Å². The second-order valence-electron chi connectivity index (χ2n) is 6.78. The molecule has 1 heterocycles. The van der Waals surface area contributed by atoms with Gasteiger partial charge in [-0.2, -0.15) is 0 Å². The molecule has 0 aliphatic carbocycles. The van der Waals surface area contributed by atoms with Gasteiger partial charge in [-0.25, -0.2) is 0 Å². The number of piperidine rings is 1. The first-order valence-electron chi connectivity index (χ1n) is 8.12. The molecule has 1 saturated heterocycles. The Labute approximate surface area is 124 Å². The van der Waals surface area contributed by atoms with Gasteiger partial charge in [0, 0.05) is 6.04 Å². The van der Waals surface area contributed by atoms with E-state index in [0.717, 1.165) is 6.42 Å². The van der Waals surface area contributed by atoms with Crippen molar-refractivity contribution in [1.29, 1.82) is 0 Å². The molecule has 2 unspecified atom stereocenters. The number of nitrogens with two attached hydrogens (primary N) is 1. The van der Waals surface area contributed by atoms with Crippen molar-refractivity contribution in [3.63, 3.8) is 0 Å². The summed E-state index contributed by atoms with van der Waals surface area (Å²) in [7, 11) is 0. The van der Waals surface area contributed by atoms with Gasteiger partial charge in [0.15, 0.2) is 0 Å². The summed E-state index contributed by atoms with van der Waals surface area (Å²) in [5, 5.41) is 0. The van der Waals surface area contributed by atoms with Crippen LogP contribution in [0.2, 0.25) is 0 Å². The van der Waals surface area contributed by atoms with Crippen LogP contribution in [0, 0.1) is 5.92 Å². The van der Waals surface area contributed by atoms with Crippen molar-refractivity contribution in [1.82, 2.24) is 4.90 Å². The Morgan fingerprint density at radius 3 is 2.20 bits per heavy atom. The highest BCUT2D eigenvalue weighted by molar-refractivity contribution is 5.26. The molecule has 1 aliphatic rings. The zero-order chi connectivity index (χ0) is 14.6. The monoisotopic (exact) mass is 274 g/mol. The van der Waals surface area contributed by atoms with Gasteiger partial charge in [0.2, 0.25) is 0 Å². The van der Waals surface area contributed by atoms with Crippen molar-refractivity contribution in [2.24, 2.45) is 11.7 Å². The lowest BCUT2D eigenvalue weighted by Gasteiger charge is -2.45. The number of nitrogens with zero attached hydrogens (tertiary/aromatic N) is 1. The molecule has 1 aliphatic heterocycles. The summed E-state index contributed by atoms with van der Waals surface area (Å²) in [4.78, 5) is 2.60. The van der Waals surface area contributed by atoms with Crippen LogP contribution in [0.1, 0.15) is 52.0 Å². The highest BCUT2D eigenvalue weighted by atomic mass is 15.2. The van der Waals surface area contributed by atoms with Gasteiger partial charge < -0.3 is 5.73 Å². The quantitative estimate of drug-likeness (QED) is 0.886. The van der Waals surface area contributed by atoms with E-state index in [1.54, 1.807) is 0 Å². The Morgan fingerprint density at radius 2 is 1.65 bits per heavy atom. The molecule has 0 spiro atoms. The average molecular weight is 274 g/mol. The van der Waals surface area contributed by atoms with Gasteiger partial charge >= 0.3 is 0 Å². The van der Waals surface area contributed by atoms with E-state index in [-0.39, 0.29) is 5.54 Å². The van der Waals surface area contributed by atoms with E-state index in [2.05, 4.69) is 56.0 Å². The predicted molar refractivity (Wildman–Crippen MR) is 86.6 cm³/mol. The summed E-state index contributed by atoms with van der Waals surface area (Å²) < 4.78 is 0. The van der Waals surface area contributed by atoms with E-state index >= 15 is 0 Å². The molecule has 112 valence electrons. The second-order valence-corrected chi connectivity index (χ2v) is 6.78. The number of likely N-dealkylation sites (tertiary alicyclic amines) is 1. The van der Waals surface area contributed by atoms with Crippen molar-refractivity contribution in [3.05, 3.63) is 35.9 Å². The van der Waals surface area contributed by atoms with Crippen molar-refractivity contribution in [3.8, 4) is 0 Å². The fourth-order valence-corrected chi connectivity index (χ4v) is 3.59. The fraction of sp³-hybridized carbons (Fsp3) is 0.667. The van der Waals surface area contributed by atoms with Gasteiger partial charge in [0.25, 0.3) is 0 Å². The predicted octanol–water partition coefficient (Wildman–Crippen LogP) is 3.76. The summed E-state index contributed by atoms with van der Waals surface area (Å²) in [6.45, 7) is 9.26. The molecular weight excluding hydrogens is 244 g/mol. The van der Waals surface area contributed by atoms with Gasteiger partial charge in [-0.05, 0) is 50.8 Å². The van der Waals surface area contributed by atoms with Crippen LogP contribution in [-0.4, -0.2) is 24.0 Å². The van der Waals surface area contributed by atoms with Gasteiger partial charge in [-0.3, -0.25) is 4.90 Å². The maximum absolute atomic E-state index is 6.95. The van der Waals surface area contributed by atoms with E-state index in [1.807, 2.05) is 0 Å². The maximum Gasteiger partial charge on any atom is 0.0567 e. The van der Waals surface area contributed by atoms with E-state index in [0.29, 0.717) is 12.0 Å². The van der Waals surface area contributed by atoms with Crippen molar-refractivity contribution >= 4 is 0 Å². The number of benzene rings is 1. The molecule has 1 aromatic rings. The Morgan fingerprint density at radius 1 is 1.05 bits per heavy atom. The van der Waals surface area contributed by atoms with Crippen molar-refractivity contribution in [2.45, 2.75) is 58.0 Å². The van der Waals surface area contributed by atoms with Crippen LogP contribution < -0.4 is 5.73 Å². The molecule has 0 aromatic heterocycles. The molecule has 2 heteroatoms. The van der Waals surface area contributed by atoms with Crippen LogP contribution >= 0.6 is 0 Å². The lowest BCUT2D eigenvalue weighted by atomic mass is 9.77. The molecule has 2 atom stereocenters. The average Bonchev–Trinajstić information content (AvgIpc) is 2.47. The van der Waals surface area contributed by atoms with E-state index in [4.69, 9.17) is 5.73 Å². The summed E-state index contributed by atoms with van der Waals surface area (Å²) in [6.07, 6.45) is 5.04. The molecule has 0 saturated carbocycles. The van der Waals surface area contributed by atoms with Gasteiger partial charge in [-0.1, -0.05) is 50.6 Å². The highest BCUT2D eigenvalue weighted by Crippen LogP contribution is 2.33. The first-order valence-corrected chi connectivity index (χ1v) is 8.12. The summed E-state index contributed by atoms with van der Waals surface area (Å²) >= 11 is 0. The maximum atomic E-state index is 6.95. The minimum absolute atomic E-state index is 0.243. The molecule has 2 nitrogen and oxygen atoms in total. The Kier molecular flexibility index (Phi) is 5.22. The minimum Gasteiger partial charge on any atom is -0.320 e. The van der Waals surface area contributed by atoms with Gasteiger partial charge in [0.1, 0.15) is 0 Å². The normalized spacial score (nSPS) is 21.6.